The Morgan fingerprint density at radius 3 is 2.67 bits per heavy atom. The van der Waals surface area contributed by atoms with E-state index >= 15 is 0 Å². The second-order valence-electron chi connectivity index (χ2n) is 3.06. The van der Waals surface area contributed by atoms with Crippen LogP contribution in [0.1, 0.15) is 27.2 Å². The maximum absolute atomic E-state index is 5.51. The Kier molecular flexibility index (Phi) is 7.11. The predicted octanol–water partition coefficient (Wildman–Crippen LogP) is 1.97. The zero-order chi connectivity index (χ0) is 9.40. The molecular weight excluding hydrogens is 150 g/mol. The minimum atomic E-state index is 0.350. The molecule has 0 aromatic carbocycles. The highest BCUT2D eigenvalue weighted by molar-refractivity contribution is 4.96. The number of nitrogens with one attached hydrogen (secondary N) is 1. The molecule has 72 valence electrons. The van der Waals surface area contributed by atoms with Gasteiger partial charge in [-0.25, -0.2) is 0 Å². The fraction of sp³-hybridized carbons (Fsp3) is 0.800. The summed E-state index contributed by atoms with van der Waals surface area (Å²) in [6, 6.07) is 0. The van der Waals surface area contributed by atoms with Crippen molar-refractivity contribution >= 4 is 0 Å². The van der Waals surface area contributed by atoms with Gasteiger partial charge in [0.05, 0.1) is 12.7 Å². The van der Waals surface area contributed by atoms with Crippen molar-refractivity contribution < 1.29 is 4.74 Å². The summed E-state index contributed by atoms with van der Waals surface area (Å²) in [6.07, 6.45) is 1.41. The van der Waals surface area contributed by atoms with Gasteiger partial charge in [-0.2, -0.15) is 0 Å². The van der Waals surface area contributed by atoms with Crippen LogP contribution in [-0.4, -0.2) is 25.8 Å². The topological polar surface area (TPSA) is 21.3 Å². The normalized spacial score (nSPS) is 12.9. The first kappa shape index (κ1) is 11.7. The molecule has 0 aromatic heterocycles. The molecule has 0 saturated carbocycles. The van der Waals surface area contributed by atoms with E-state index in [1.54, 1.807) is 0 Å². The maximum atomic E-state index is 5.51. The quantitative estimate of drug-likeness (QED) is 0.591. The average molecular weight is 171 g/mol. The van der Waals surface area contributed by atoms with Crippen LogP contribution in [0.5, 0.6) is 0 Å². The van der Waals surface area contributed by atoms with Gasteiger partial charge < -0.3 is 10.1 Å². The van der Waals surface area contributed by atoms with Crippen LogP contribution in [0.4, 0.5) is 0 Å². The Balaban J connectivity index is 3.31. The van der Waals surface area contributed by atoms with Gasteiger partial charge in [-0.3, -0.25) is 0 Å². The Hall–Kier alpha value is -0.340. The third-order valence-corrected chi connectivity index (χ3v) is 1.77. The van der Waals surface area contributed by atoms with E-state index in [0.29, 0.717) is 12.7 Å². The second-order valence-corrected chi connectivity index (χ2v) is 3.06. The molecular formula is C10H21NO. The lowest BCUT2D eigenvalue weighted by Gasteiger charge is -2.12. The summed E-state index contributed by atoms with van der Waals surface area (Å²) < 4.78 is 5.51. The highest BCUT2D eigenvalue weighted by atomic mass is 16.5. The van der Waals surface area contributed by atoms with E-state index in [9.17, 15) is 0 Å². The van der Waals surface area contributed by atoms with Crippen LogP contribution in [0.3, 0.4) is 0 Å². The van der Waals surface area contributed by atoms with Crippen LogP contribution in [0, 0.1) is 0 Å². The summed E-state index contributed by atoms with van der Waals surface area (Å²) in [7, 11) is 0. The van der Waals surface area contributed by atoms with E-state index in [-0.39, 0.29) is 0 Å². The first-order chi connectivity index (χ1) is 5.70. The van der Waals surface area contributed by atoms with Gasteiger partial charge in [-0.1, -0.05) is 20.4 Å². The molecule has 0 rings (SSSR count). The van der Waals surface area contributed by atoms with Crippen LogP contribution in [0.15, 0.2) is 12.2 Å². The fourth-order valence-electron chi connectivity index (χ4n) is 0.731. The SMILES string of the molecule is C=C(CNCC)COC(C)CC. The van der Waals surface area contributed by atoms with Gasteiger partial charge in [0.15, 0.2) is 0 Å². The lowest BCUT2D eigenvalue weighted by Crippen LogP contribution is -2.19. The van der Waals surface area contributed by atoms with Crippen molar-refractivity contribution in [2.45, 2.75) is 33.3 Å². The summed E-state index contributed by atoms with van der Waals surface area (Å²) in [5.41, 5.74) is 1.12. The molecule has 0 aliphatic heterocycles. The molecule has 1 atom stereocenters. The summed E-state index contributed by atoms with van der Waals surface area (Å²) in [5.74, 6) is 0. The minimum Gasteiger partial charge on any atom is -0.374 e. The number of hydrogen-bond donors (Lipinski definition) is 1. The first-order valence-corrected chi connectivity index (χ1v) is 4.69. The Bertz CT molecular complexity index is 123. The minimum absolute atomic E-state index is 0.350. The molecule has 0 aliphatic rings. The molecule has 1 N–H and O–H groups in total. The van der Waals surface area contributed by atoms with Crippen molar-refractivity contribution in [1.82, 2.24) is 5.32 Å². The summed E-state index contributed by atoms with van der Waals surface area (Å²) in [6.45, 7) is 12.7. The Morgan fingerprint density at radius 1 is 1.50 bits per heavy atom. The van der Waals surface area contributed by atoms with E-state index in [0.717, 1.165) is 25.1 Å². The highest BCUT2D eigenvalue weighted by Gasteiger charge is 1.99. The molecule has 0 amide bonds. The van der Waals surface area contributed by atoms with Gasteiger partial charge in [0.2, 0.25) is 0 Å². The molecule has 0 radical (unpaired) electrons. The summed E-state index contributed by atoms with van der Waals surface area (Å²) in [4.78, 5) is 0. The largest absolute Gasteiger partial charge is 0.374 e. The molecule has 0 heterocycles. The molecule has 0 aromatic rings. The zero-order valence-electron chi connectivity index (χ0n) is 8.52. The summed E-state index contributed by atoms with van der Waals surface area (Å²) >= 11 is 0. The third kappa shape index (κ3) is 6.38. The molecule has 0 spiro atoms. The maximum Gasteiger partial charge on any atom is 0.0690 e. The van der Waals surface area contributed by atoms with Gasteiger partial charge in [0.25, 0.3) is 0 Å². The lowest BCUT2D eigenvalue weighted by molar-refractivity contribution is 0.0801. The predicted molar refractivity (Wildman–Crippen MR) is 53.4 cm³/mol. The molecule has 0 bridgehead atoms. The zero-order valence-corrected chi connectivity index (χ0v) is 8.52. The second kappa shape index (κ2) is 7.32. The van der Waals surface area contributed by atoms with E-state index in [2.05, 4.69) is 32.7 Å². The van der Waals surface area contributed by atoms with E-state index < -0.39 is 0 Å². The van der Waals surface area contributed by atoms with Crippen LogP contribution in [-0.2, 0) is 4.74 Å². The first-order valence-electron chi connectivity index (χ1n) is 4.69. The fourth-order valence-corrected chi connectivity index (χ4v) is 0.731. The van der Waals surface area contributed by atoms with E-state index in [1.165, 1.54) is 0 Å². The molecule has 0 fully saturated rings. The smallest absolute Gasteiger partial charge is 0.0690 e. The van der Waals surface area contributed by atoms with E-state index in [1.807, 2.05) is 0 Å². The van der Waals surface area contributed by atoms with Crippen molar-refractivity contribution in [3.05, 3.63) is 12.2 Å². The van der Waals surface area contributed by atoms with Gasteiger partial charge in [-0.05, 0) is 25.5 Å². The lowest BCUT2D eigenvalue weighted by atomic mass is 10.3. The number of likely N-dealkylation sites (N-methyl/N-ethyl adjacent to an activating group) is 1. The standard InChI is InChI=1S/C10H21NO/c1-5-10(4)12-8-9(3)7-11-6-2/h10-11H,3,5-8H2,1-2,4H3. The molecule has 12 heavy (non-hydrogen) atoms. The van der Waals surface area contributed by atoms with Crippen molar-refractivity contribution in [3.8, 4) is 0 Å². The van der Waals surface area contributed by atoms with Gasteiger partial charge in [-0.15, -0.1) is 0 Å². The van der Waals surface area contributed by atoms with Crippen LogP contribution in [0.2, 0.25) is 0 Å². The van der Waals surface area contributed by atoms with Crippen molar-refractivity contribution in [1.29, 1.82) is 0 Å². The van der Waals surface area contributed by atoms with E-state index in [4.69, 9.17) is 4.74 Å². The van der Waals surface area contributed by atoms with Crippen LogP contribution < -0.4 is 5.32 Å². The number of ether oxygens (including phenoxy) is 1. The van der Waals surface area contributed by atoms with Gasteiger partial charge in [0.1, 0.15) is 0 Å². The van der Waals surface area contributed by atoms with Gasteiger partial charge in [0, 0.05) is 6.54 Å². The third-order valence-electron chi connectivity index (χ3n) is 1.77. The van der Waals surface area contributed by atoms with Gasteiger partial charge >= 0.3 is 0 Å². The Labute approximate surface area is 76.0 Å². The molecule has 2 heteroatoms. The molecule has 2 nitrogen and oxygen atoms in total. The van der Waals surface area contributed by atoms with Crippen molar-refractivity contribution in [2.75, 3.05) is 19.7 Å². The van der Waals surface area contributed by atoms with Crippen molar-refractivity contribution in [2.24, 2.45) is 0 Å². The molecule has 0 aliphatic carbocycles. The van der Waals surface area contributed by atoms with Crippen LogP contribution >= 0.6 is 0 Å². The average Bonchev–Trinajstić information content (AvgIpc) is 2.10. The number of hydrogen-bond acceptors (Lipinski definition) is 2. The van der Waals surface area contributed by atoms with Crippen LogP contribution in [0.25, 0.3) is 0 Å². The molecule has 1 unspecified atom stereocenters. The molecule has 0 saturated heterocycles. The van der Waals surface area contributed by atoms with Crippen molar-refractivity contribution in [3.63, 3.8) is 0 Å². The summed E-state index contributed by atoms with van der Waals surface area (Å²) in [5, 5.41) is 3.21. The number of rotatable bonds is 7. The highest BCUT2D eigenvalue weighted by Crippen LogP contribution is 1.98. The Morgan fingerprint density at radius 2 is 2.17 bits per heavy atom. The monoisotopic (exact) mass is 171 g/mol.